The number of ether oxygens (including phenoxy) is 1. The van der Waals surface area contributed by atoms with Gasteiger partial charge in [-0.15, -0.1) is 0 Å². The van der Waals surface area contributed by atoms with E-state index in [1.165, 1.54) is 0 Å². The number of para-hydroxylation sites is 1. The molecule has 0 saturated heterocycles. The lowest BCUT2D eigenvalue weighted by Crippen LogP contribution is -1.99. The van der Waals surface area contributed by atoms with Crippen LogP contribution in [0.3, 0.4) is 0 Å². The van der Waals surface area contributed by atoms with Gasteiger partial charge >= 0.3 is 0 Å². The first-order valence-electron chi connectivity index (χ1n) is 6.10. The molecule has 0 spiro atoms. The van der Waals surface area contributed by atoms with E-state index in [0.717, 1.165) is 30.0 Å². The van der Waals surface area contributed by atoms with Crippen LogP contribution in [-0.4, -0.2) is 28.2 Å². The highest BCUT2D eigenvalue weighted by Crippen LogP contribution is 2.15. The average Bonchev–Trinajstić information content (AvgIpc) is 2.78. The van der Waals surface area contributed by atoms with E-state index in [1.807, 2.05) is 24.3 Å². The SMILES string of the molecule is CCCc1n[nH]c(=S)n1/N=C\c1ccccc1OC. The first-order chi connectivity index (χ1) is 9.26. The summed E-state index contributed by atoms with van der Waals surface area (Å²) in [5.41, 5.74) is 0.899. The number of hydrogen-bond acceptors (Lipinski definition) is 4. The number of benzene rings is 1. The molecule has 1 heterocycles. The second-order valence-electron chi connectivity index (χ2n) is 3.99. The molecule has 0 fully saturated rings. The van der Waals surface area contributed by atoms with Crippen LogP contribution in [0, 0.1) is 4.77 Å². The molecular weight excluding hydrogens is 260 g/mol. The third-order valence-corrected chi connectivity index (χ3v) is 2.91. The van der Waals surface area contributed by atoms with Gasteiger partial charge in [0.2, 0.25) is 4.77 Å². The van der Waals surface area contributed by atoms with Crippen LogP contribution < -0.4 is 4.74 Å². The number of nitrogens with one attached hydrogen (secondary N) is 1. The Hall–Kier alpha value is -1.95. The summed E-state index contributed by atoms with van der Waals surface area (Å²) < 4.78 is 7.41. The Bertz CT molecular complexity index is 630. The van der Waals surface area contributed by atoms with Gasteiger partial charge in [-0.05, 0) is 30.8 Å². The van der Waals surface area contributed by atoms with Crippen molar-refractivity contribution in [2.45, 2.75) is 19.8 Å². The molecule has 19 heavy (non-hydrogen) atoms. The summed E-state index contributed by atoms with van der Waals surface area (Å²) in [7, 11) is 1.64. The third-order valence-electron chi connectivity index (χ3n) is 2.64. The lowest BCUT2D eigenvalue weighted by molar-refractivity contribution is 0.414. The zero-order valence-corrected chi connectivity index (χ0v) is 11.8. The molecule has 6 heteroatoms. The second-order valence-corrected chi connectivity index (χ2v) is 4.38. The van der Waals surface area contributed by atoms with E-state index in [-0.39, 0.29) is 0 Å². The predicted octanol–water partition coefficient (Wildman–Crippen LogP) is 2.78. The van der Waals surface area contributed by atoms with Gasteiger partial charge in [-0.25, -0.2) is 0 Å². The van der Waals surface area contributed by atoms with Crippen LogP contribution in [0.2, 0.25) is 0 Å². The normalized spacial score (nSPS) is 11.1. The Morgan fingerprint density at radius 2 is 2.26 bits per heavy atom. The van der Waals surface area contributed by atoms with Crippen molar-refractivity contribution in [2.75, 3.05) is 7.11 Å². The molecule has 1 aromatic heterocycles. The van der Waals surface area contributed by atoms with E-state index in [0.29, 0.717) is 4.77 Å². The van der Waals surface area contributed by atoms with Gasteiger partial charge in [0.25, 0.3) is 0 Å². The minimum Gasteiger partial charge on any atom is -0.496 e. The third kappa shape index (κ3) is 3.08. The number of methoxy groups -OCH3 is 1. The fourth-order valence-electron chi connectivity index (χ4n) is 1.72. The molecule has 1 N–H and O–H groups in total. The van der Waals surface area contributed by atoms with E-state index in [9.17, 15) is 0 Å². The van der Waals surface area contributed by atoms with Crippen LogP contribution in [0.4, 0.5) is 0 Å². The Labute approximate surface area is 116 Å². The highest BCUT2D eigenvalue weighted by Gasteiger charge is 2.04. The highest BCUT2D eigenvalue weighted by molar-refractivity contribution is 7.71. The van der Waals surface area contributed by atoms with E-state index in [4.69, 9.17) is 17.0 Å². The Balaban J connectivity index is 2.32. The summed E-state index contributed by atoms with van der Waals surface area (Å²) in [6.45, 7) is 2.09. The van der Waals surface area contributed by atoms with Gasteiger partial charge in [0.1, 0.15) is 5.75 Å². The minimum atomic E-state index is 0.495. The Morgan fingerprint density at radius 3 is 3.00 bits per heavy atom. The lowest BCUT2D eigenvalue weighted by atomic mass is 10.2. The number of hydrogen-bond donors (Lipinski definition) is 1. The summed E-state index contributed by atoms with van der Waals surface area (Å²) in [6.07, 6.45) is 3.55. The monoisotopic (exact) mass is 276 g/mol. The fraction of sp³-hybridized carbons (Fsp3) is 0.308. The maximum atomic E-state index is 5.27. The van der Waals surface area contributed by atoms with Gasteiger partial charge in [0.05, 0.1) is 13.3 Å². The molecule has 0 unspecified atom stereocenters. The predicted molar refractivity (Wildman–Crippen MR) is 77.4 cm³/mol. The van der Waals surface area contributed by atoms with Crippen LogP contribution in [0.1, 0.15) is 24.7 Å². The van der Waals surface area contributed by atoms with Crippen molar-refractivity contribution in [1.29, 1.82) is 0 Å². The number of H-pyrrole nitrogens is 1. The van der Waals surface area contributed by atoms with Gasteiger partial charge in [0, 0.05) is 12.0 Å². The molecule has 2 aromatic rings. The van der Waals surface area contributed by atoms with Gasteiger partial charge in [-0.1, -0.05) is 19.1 Å². The first-order valence-corrected chi connectivity index (χ1v) is 6.50. The van der Waals surface area contributed by atoms with E-state index >= 15 is 0 Å². The van der Waals surface area contributed by atoms with Crippen molar-refractivity contribution in [3.05, 3.63) is 40.4 Å². The van der Waals surface area contributed by atoms with E-state index < -0.39 is 0 Å². The van der Waals surface area contributed by atoms with Gasteiger partial charge in [0.15, 0.2) is 5.82 Å². The van der Waals surface area contributed by atoms with E-state index in [2.05, 4.69) is 22.2 Å². The molecule has 0 aliphatic rings. The molecule has 100 valence electrons. The standard InChI is InChI=1S/C13H16N4OS/c1-3-6-12-15-16-13(19)17(12)14-9-10-7-4-5-8-11(10)18-2/h4-5,7-9H,3,6H2,1-2H3,(H,16,19)/b14-9-. The maximum Gasteiger partial charge on any atom is 0.216 e. The molecule has 2 rings (SSSR count). The fourth-order valence-corrected chi connectivity index (χ4v) is 1.92. The highest BCUT2D eigenvalue weighted by atomic mass is 32.1. The molecule has 0 atom stereocenters. The summed E-state index contributed by atoms with van der Waals surface area (Å²) in [5.74, 6) is 1.61. The quantitative estimate of drug-likeness (QED) is 0.675. The average molecular weight is 276 g/mol. The van der Waals surface area contributed by atoms with Crippen molar-refractivity contribution < 1.29 is 4.74 Å². The van der Waals surface area contributed by atoms with Crippen LogP contribution in [0.25, 0.3) is 0 Å². The van der Waals surface area contributed by atoms with Crippen molar-refractivity contribution in [3.63, 3.8) is 0 Å². The molecule has 5 nitrogen and oxygen atoms in total. The Kier molecular flexibility index (Phi) is 4.46. The smallest absolute Gasteiger partial charge is 0.216 e. The number of aromatic amines is 1. The van der Waals surface area contributed by atoms with E-state index in [1.54, 1.807) is 18.0 Å². The lowest BCUT2D eigenvalue weighted by Gasteiger charge is -2.03. The zero-order valence-electron chi connectivity index (χ0n) is 11.0. The van der Waals surface area contributed by atoms with Crippen molar-refractivity contribution >= 4 is 18.4 Å². The molecule has 0 aliphatic carbocycles. The summed E-state index contributed by atoms with van der Waals surface area (Å²) in [6, 6.07) is 7.68. The Morgan fingerprint density at radius 1 is 1.47 bits per heavy atom. The largest absolute Gasteiger partial charge is 0.496 e. The first kappa shape index (κ1) is 13.5. The summed E-state index contributed by atoms with van der Waals surface area (Å²) in [5, 5.41) is 11.3. The summed E-state index contributed by atoms with van der Waals surface area (Å²) >= 11 is 5.16. The number of nitrogens with zero attached hydrogens (tertiary/aromatic N) is 3. The number of rotatable bonds is 5. The minimum absolute atomic E-state index is 0.495. The van der Waals surface area contributed by atoms with Crippen LogP contribution in [0.15, 0.2) is 29.4 Å². The molecule has 0 bridgehead atoms. The van der Waals surface area contributed by atoms with Crippen molar-refractivity contribution in [1.82, 2.24) is 14.9 Å². The van der Waals surface area contributed by atoms with Gasteiger partial charge in [-0.2, -0.15) is 14.9 Å². The molecular formula is C13H16N4OS. The topological polar surface area (TPSA) is 55.2 Å². The van der Waals surface area contributed by atoms with Gasteiger partial charge in [-0.3, -0.25) is 5.10 Å². The van der Waals surface area contributed by atoms with Crippen LogP contribution in [-0.2, 0) is 6.42 Å². The van der Waals surface area contributed by atoms with Crippen LogP contribution in [0.5, 0.6) is 5.75 Å². The zero-order chi connectivity index (χ0) is 13.7. The molecule has 0 saturated carbocycles. The maximum absolute atomic E-state index is 5.27. The molecule has 0 amide bonds. The number of aryl methyl sites for hydroxylation is 1. The second kappa shape index (κ2) is 6.29. The van der Waals surface area contributed by atoms with Crippen molar-refractivity contribution in [2.24, 2.45) is 5.10 Å². The molecule has 1 aromatic carbocycles. The van der Waals surface area contributed by atoms with Crippen LogP contribution >= 0.6 is 12.2 Å². The van der Waals surface area contributed by atoms with Crippen molar-refractivity contribution in [3.8, 4) is 5.75 Å². The summed E-state index contributed by atoms with van der Waals surface area (Å²) in [4.78, 5) is 0. The number of aromatic nitrogens is 3. The molecule has 0 radical (unpaired) electrons. The molecule has 0 aliphatic heterocycles. The van der Waals surface area contributed by atoms with Gasteiger partial charge < -0.3 is 4.74 Å².